The molecule has 4 nitrogen and oxygen atoms in total. The van der Waals surface area contributed by atoms with E-state index in [9.17, 15) is 8.96 Å². The molecule has 1 aromatic rings. The van der Waals surface area contributed by atoms with Crippen molar-refractivity contribution in [2.75, 3.05) is 16.8 Å². The monoisotopic (exact) mass is 160 g/mol. The van der Waals surface area contributed by atoms with E-state index < -0.39 is 0 Å². The molecule has 11 heavy (non-hydrogen) atoms. The third kappa shape index (κ3) is 1.28. The number of nitrogens with two attached hydrogens (primary N) is 1. The van der Waals surface area contributed by atoms with Gasteiger partial charge in [0.25, 0.3) is 0 Å². The predicted molar refractivity (Wildman–Crippen MR) is 38.1 cm³/mol. The lowest BCUT2D eigenvalue weighted by Gasteiger charge is -2.04. The zero-order valence-electron chi connectivity index (χ0n) is 5.44. The van der Waals surface area contributed by atoms with Gasteiger partial charge < -0.3 is 5.73 Å². The van der Waals surface area contributed by atoms with E-state index in [1.807, 2.05) is 0 Å². The number of nitrogens with zero attached hydrogens (tertiary/aromatic N) is 1. The van der Waals surface area contributed by atoms with Gasteiger partial charge in [-0.3, -0.25) is 4.98 Å². The lowest BCUT2D eigenvalue weighted by Crippen LogP contribution is -1.97. The van der Waals surface area contributed by atoms with Crippen LogP contribution in [0.3, 0.4) is 0 Å². The van der Waals surface area contributed by atoms with Crippen molar-refractivity contribution in [3.63, 3.8) is 0 Å². The Morgan fingerprint density at radius 2 is 1.64 bits per heavy atom. The molecule has 1 aromatic heterocycles. The largest absolute Gasteiger partial charge is 0.395 e. The van der Waals surface area contributed by atoms with Gasteiger partial charge in [-0.15, -0.1) is 8.96 Å². The van der Waals surface area contributed by atoms with Crippen molar-refractivity contribution in [3.05, 3.63) is 12.4 Å². The van der Waals surface area contributed by atoms with Gasteiger partial charge in [0.05, 0.1) is 18.1 Å². The minimum Gasteiger partial charge on any atom is -0.395 e. The van der Waals surface area contributed by atoms with Crippen LogP contribution in [0.5, 0.6) is 0 Å². The number of hydrogen-bond donors (Lipinski definition) is 3. The molecule has 0 aliphatic heterocycles. The number of nitrogens with one attached hydrogen (secondary N) is 2. The van der Waals surface area contributed by atoms with Crippen molar-refractivity contribution < 1.29 is 8.96 Å². The third-order valence-electron chi connectivity index (χ3n) is 1.19. The maximum atomic E-state index is 11.8. The van der Waals surface area contributed by atoms with Crippen LogP contribution in [0.2, 0.25) is 0 Å². The van der Waals surface area contributed by atoms with E-state index in [1.165, 1.54) is 11.1 Å². The van der Waals surface area contributed by atoms with E-state index in [0.717, 1.165) is 12.4 Å². The Balaban J connectivity index is 3.10. The fourth-order valence-corrected chi connectivity index (χ4v) is 0.621. The molecule has 4 N–H and O–H groups in total. The Hall–Kier alpha value is -1.59. The van der Waals surface area contributed by atoms with Gasteiger partial charge in [-0.2, -0.15) is 0 Å². The van der Waals surface area contributed by atoms with Crippen molar-refractivity contribution >= 4 is 17.1 Å². The Morgan fingerprint density at radius 3 is 2.00 bits per heavy atom. The predicted octanol–water partition coefficient (Wildman–Crippen LogP) is 1.26. The van der Waals surface area contributed by atoms with Gasteiger partial charge in [-0.05, 0) is 0 Å². The van der Waals surface area contributed by atoms with Gasteiger partial charge in [0, 0.05) is 0 Å². The third-order valence-corrected chi connectivity index (χ3v) is 1.19. The quantitative estimate of drug-likeness (QED) is 0.570. The van der Waals surface area contributed by atoms with Crippen LogP contribution in [0.1, 0.15) is 0 Å². The summed E-state index contributed by atoms with van der Waals surface area (Å²) in [7, 11) is 0. The summed E-state index contributed by atoms with van der Waals surface area (Å²) in [6.45, 7) is 0. The molecule has 0 aliphatic carbocycles. The van der Waals surface area contributed by atoms with Crippen molar-refractivity contribution in [1.82, 2.24) is 4.98 Å². The lowest BCUT2D eigenvalue weighted by molar-refractivity contribution is 0.612. The molecular weight excluding hydrogens is 154 g/mol. The summed E-state index contributed by atoms with van der Waals surface area (Å²) < 4.78 is 23.6. The second kappa shape index (κ2) is 3.00. The molecule has 6 heteroatoms. The zero-order chi connectivity index (χ0) is 8.27. The second-order valence-electron chi connectivity index (χ2n) is 1.84. The molecule has 0 saturated heterocycles. The van der Waals surface area contributed by atoms with Crippen LogP contribution in [-0.2, 0) is 0 Å². The van der Waals surface area contributed by atoms with Crippen molar-refractivity contribution in [2.45, 2.75) is 0 Å². The highest BCUT2D eigenvalue weighted by atomic mass is 19.2. The van der Waals surface area contributed by atoms with E-state index in [1.54, 1.807) is 0 Å². The summed E-state index contributed by atoms with van der Waals surface area (Å²) in [5, 5.41) is 0. The highest BCUT2D eigenvalue weighted by Crippen LogP contribution is 2.25. The van der Waals surface area contributed by atoms with Crippen LogP contribution in [0.15, 0.2) is 12.4 Å². The topological polar surface area (TPSA) is 63.0 Å². The number of nitrogen functional groups attached to an aromatic ring is 1. The first-order chi connectivity index (χ1) is 5.29. The Kier molecular flexibility index (Phi) is 2.05. The van der Waals surface area contributed by atoms with Gasteiger partial charge in [-0.1, -0.05) is 0 Å². The molecule has 0 amide bonds. The summed E-state index contributed by atoms with van der Waals surface area (Å²) in [5.74, 6) is 0. The molecule has 0 saturated carbocycles. The van der Waals surface area contributed by atoms with Crippen LogP contribution in [0.4, 0.5) is 26.0 Å². The maximum absolute atomic E-state index is 11.8. The van der Waals surface area contributed by atoms with Gasteiger partial charge >= 0.3 is 0 Å². The molecule has 0 spiro atoms. The second-order valence-corrected chi connectivity index (χ2v) is 1.84. The Morgan fingerprint density at radius 1 is 1.18 bits per heavy atom. The minimum atomic E-state index is -0.0624. The van der Waals surface area contributed by atoms with E-state index in [2.05, 4.69) is 4.98 Å². The SMILES string of the molecule is Nc1c(NF)cncc1NF. The molecule has 60 valence electrons. The molecular formula is C5H6F2N4. The minimum absolute atomic E-state index is 0.0509. The maximum Gasteiger partial charge on any atom is 0.109 e. The molecule has 0 aromatic carbocycles. The van der Waals surface area contributed by atoms with Crippen LogP contribution in [0.25, 0.3) is 0 Å². The van der Waals surface area contributed by atoms with E-state index in [0.29, 0.717) is 0 Å². The molecule has 0 radical (unpaired) electrons. The van der Waals surface area contributed by atoms with Crippen LogP contribution in [0, 0.1) is 0 Å². The normalized spacial score (nSPS) is 9.27. The smallest absolute Gasteiger partial charge is 0.109 e. The summed E-state index contributed by atoms with van der Waals surface area (Å²) in [5.41, 5.74) is 7.64. The zero-order valence-corrected chi connectivity index (χ0v) is 5.44. The summed E-state index contributed by atoms with van der Waals surface area (Å²) in [6, 6.07) is 0. The van der Waals surface area contributed by atoms with Crippen molar-refractivity contribution in [3.8, 4) is 0 Å². The number of hydrogen-bond acceptors (Lipinski definition) is 4. The number of aromatic nitrogens is 1. The van der Waals surface area contributed by atoms with Gasteiger partial charge in [0.15, 0.2) is 0 Å². The van der Waals surface area contributed by atoms with Gasteiger partial charge in [0.2, 0.25) is 0 Å². The first kappa shape index (κ1) is 7.52. The van der Waals surface area contributed by atoms with Crippen LogP contribution < -0.4 is 16.8 Å². The van der Waals surface area contributed by atoms with E-state index in [-0.39, 0.29) is 17.1 Å². The number of pyridine rings is 1. The van der Waals surface area contributed by atoms with Crippen LogP contribution in [-0.4, -0.2) is 4.98 Å². The fourth-order valence-electron chi connectivity index (χ4n) is 0.621. The van der Waals surface area contributed by atoms with Gasteiger partial charge in [0.1, 0.15) is 11.4 Å². The Labute approximate surface area is 61.3 Å². The van der Waals surface area contributed by atoms with Crippen molar-refractivity contribution in [2.24, 2.45) is 0 Å². The highest BCUT2D eigenvalue weighted by molar-refractivity contribution is 5.77. The van der Waals surface area contributed by atoms with Crippen molar-refractivity contribution in [1.29, 1.82) is 0 Å². The van der Waals surface area contributed by atoms with Gasteiger partial charge in [-0.25, -0.2) is 11.1 Å². The lowest BCUT2D eigenvalue weighted by atomic mass is 10.3. The standard InChI is InChI=1S/C5H6F2N4/c6-10-3-1-9-2-4(11-7)5(3)8/h1-2,10-11H,(H2,8,9). The van der Waals surface area contributed by atoms with E-state index >= 15 is 0 Å². The molecule has 1 heterocycles. The first-order valence-corrected chi connectivity index (χ1v) is 2.76. The fraction of sp³-hybridized carbons (Fsp3) is 0. The average molecular weight is 160 g/mol. The summed E-state index contributed by atoms with van der Waals surface area (Å²) in [6.07, 6.45) is 2.30. The number of rotatable bonds is 2. The molecule has 0 fully saturated rings. The number of anilines is 3. The van der Waals surface area contributed by atoms with E-state index in [4.69, 9.17) is 5.73 Å². The summed E-state index contributed by atoms with van der Waals surface area (Å²) in [4.78, 5) is 3.50. The first-order valence-electron chi connectivity index (χ1n) is 2.76. The van der Waals surface area contributed by atoms with Crippen LogP contribution >= 0.6 is 0 Å². The molecule has 0 bridgehead atoms. The molecule has 0 aliphatic rings. The molecule has 0 unspecified atom stereocenters. The summed E-state index contributed by atoms with van der Waals surface area (Å²) >= 11 is 0. The Bertz CT molecular complexity index is 230. The average Bonchev–Trinajstić information content (AvgIpc) is 2.05. The number of halogens is 2. The molecule has 1 rings (SSSR count). The molecule has 0 atom stereocenters. The highest BCUT2D eigenvalue weighted by Gasteiger charge is 2.03.